The number of aryl methyl sites for hydroxylation is 2. The number of hydrogen-bond acceptors (Lipinski definition) is 3. The molecular formula is C18H26FNO3. The lowest BCUT2D eigenvalue weighted by atomic mass is 9.91. The number of likely N-dealkylation sites (tertiary alicyclic amines) is 1. The fourth-order valence-electron chi connectivity index (χ4n) is 3.07. The lowest BCUT2D eigenvalue weighted by molar-refractivity contribution is 0.0267. The molecule has 1 aromatic rings. The second kappa shape index (κ2) is 6.48. The highest BCUT2D eigenvalue weighted by atomic mass is 19.1. The van der Waals surface area contributed by atoms with E-state index in [1.165, 1.54) is 6.07 Å². The van der Waals surface area contributed by atoms with Crippen molar-refractivity contribution >= 4 is 6.09 Å². The zero-order valence-electron chi connectivity index (χ0n) is 14.5. The topological polar surface area (TPSA) is 49.8 Å². The lowest BCUT2D eigenvalue weighted by Crippen LogP contribution is -2.35. The summed E-state index contributed by atoms with van der Waals surface area (Å²) in [5.41, 5.74) is 1.36. The van der Waals surface area contributed by atoms with E-state index < -0.39 is 11.7 Å². The van der Waals surface area contributed by atoms with Crippen molar-refractivity contribution in [2.75, 3.05) is 13.1 Å². The number of carbonyl (C=O) groups excluding carboxylic acids is 1. The van der Waals surface area contributed by atoms with Crippen LogP contribution in [0.4, 0.5) is 9.18 Å². The molecule has 0 radical (unpaired) electrons. The molecule has 0 aliphatic carbocycles. The zero-order chi connectivity index (χ0) is 17.4. The third-order valence-electron chi connectivity index (χ3n) is 4.10. The van der Waals surface area contributed by atoms with Crippen molar-refractivity contribution in [3.63, 3.8) is 0 Å². The van der Waals surface area contributed by atoms with Gasteiger partial charge in [-0.05, 0) is 58.2 Å². The van der Waals surface area contributed by atoms with Crippen molar-refractivity contribution in [3.05, 3.63) is 34.6 Å². The molecule has 0 spiro atoms. The highest BCUT2D eigenvalue weighted by Gasteiger charge is 2.35. The van der Waals surface area contributed by atoms with Crippen LogP contribution in [0, 0.1) is 25.6 Å². The highest BCUT2D eigenvalue weighted by Crippen LogP contribution is 2.34. The van der Waals surface area contributed by atoms with Gasteiger partial charge >= 0.3 is 6.09 Å². The summed E-state index contributed by atoms with van der Waals surface area (Å²) in [4.78, 5) is 13.7. The minimum absolute atomic E-state index is 0.182. The van der Waals surface area contributed by atoms with Gasteiger partial charge in [0.05, 0.1) is 6.10 Å². The fourth-order valence-corrected chi connectivity index (χ4v) is 3.07. The molecule has 1 fully saturated rings. The van der Waals surface area contributed by atoms with Crippen molar-refractivity contribution in [2.24, 2.45) is 5.92 Å². The van der Waals surface area contributed by atoms with Crippen LogP contribution in [0.3, 0.4) is 0 Å². The van der Waals surface area contributed by atoms with E-state index in [1.54, 1.807) is 11.8 Å². The van der Waals surface area contributed by atoms with E-state index in [2.05, 4.69) is 0 Å². The van der Waals surface area contributed by atoms with E-state index in [0.717, 1.165) is 11.1 Å². The molecule has 1 amide bonds. The Balaban J connectivity index is 2.09. The summed E-state index contributed by atoms with van der Waals surface area (Å²) >= 11 is 0. The zero-order valence-corrected chi connectivity index (χ0v) is 14.5. The lowest BCUT2D eigenvalue weighted by Gasteiger charge is -2.25. The van der Waals surface area contributed by atoms with Gasteiger partial charge in [0.1, 0.15) is 11.4 Å². The quantitative estimate of drug-likeness (QED) is 0.902. The molecule has 0 bridgehead atoms. The van der Waals surface area contributed by atoms with Crippen LogP contribution < -0.4 is 0 Å². The Labute approximate surface area is 137 Å². The molecule has 23 heavy (non-hydrogen) atoms. The van der Waals surface area contributed by atoms with Gasteiger partial charge in [-0.1, -0.05) is 6.07 Å². The summed E-state index contributed by atoms with van der Waals surface area (Å²) in [6, 6.07) is 3.30. The first-order chi connectivity index (χ1) is 10.6. The van der Waals surface area contributed by atoms with Gasteiger partial charge in [0.15, 0.2) is 0 Å². The van der Waals surface area contributed by atoms with Crippen LogP contribution in [0.1, 0.15) is 50.0 Å². The van der Waals surface area contributed by atoms with Gasteiger partial charge in [-0.2, -0.15) is 0 Å². The van der Waals surface area contributed by atoms with E-state index in [0.29, 0.717) is 25.1 Å². The van der Waals surface area contributed by atoms with Gasteiger partial charge in [-0.3, -0.25) is 0 Å². The first-order valence-electron chi connectivity index (χ1n) is 8.01. The first-order valence-corrected chi connectivity index (χ1v) is 8.01. The Hall–Kier alpha value is -1.62. The predicted molar refractivity (Wildman–Crippen MR) is 86.7 cm³/mol. The molecule has 1 heterocycles. The second-order valence-corrected chi connectivity index (χ2v) is 7.40. The second-order valence-electron chi connectivity index (χ2n) is 7.40. The summed E-state index contributed by atoms with van der Waals surface area (Å²) in [6.45, 7) is 9.97. The number of halogens is 1. The number of benzene rings is 1. The third kappa shape index (κ3) is 4.22. The molecule has 128 valence electrons. The third-order valence-corrected chi connectivity index (χ3v) is 4.10. The Kier molecular flexibility index (Phi) is 4.99. The van der Waals surface area contributed by atoms with Crippen LogP contribution in [0.15, 0.2) is 12.1 Å². The molecule has 1 aliphatic rings. The molecular weight excluding hydrogens is 297 g/mol. The number of hydrogen-bond donors (Lipinski definition) is 1. The van der Waals surface area contributed by atoms with E-state index in [9.17, 15) is 14.3 Å². The summed E-state index contributed by atoms with van der Waals surface area (Å²) in [5.74, 6) is -0.566. The maximum atomic E-state index is 14.2. The van der Waals surface area contributed by atoms with E-state index in [1.807, 2.05) is 33.8 Å². The Morgan fingerprint density at radius 2 is 2.04 bits per heavy atom. The summed E-state index contributed by atoms with van der Waals surface area (Å²) in [6.07, 6.45) is -0.663. The highest BCUT2D eigenvalue weighted by molar-refractivity contribution is 5.68. The van der Waals surface area contributed by atoms with Gasteiger partial charge in [0.25, 0.3) is 0 Å². The van der Waals surface area contributed by atoms with Crippen LogP contribution in [-0.2, 0) is 4.74 Å². The number of ether oxygens (including phenoxy) is 1. The number of rotatable bonds is 2. The Bertz CT molecular complexity index is 571. The van der Waals surface area contributed by atoms with Crippen LogP contribution in [-0.4, -0.2) is 34.8 Å². The summed E-state index contributed by atoms with van der Waals surface area (Å²) in [7, 11) is 0. The molecule has 2 unspecified atom stereocenters. The Morgan fingerprint density at radius 3 is 2.61 bits per heavy atom. The van der Waals surface area contributed by atoms with Crippen molar-refractivity contribution in [1.29, 1.82) is 0 Å². The normalized spacial score (nSPS) is 19.8. The average Bonchev–Trinajstić information content (AvgIpc) is 2.84. The van der Waals surface area contributed by atoms with Gasteiger partial charge in [0, 0.05) is 24.6 Å². The maximum Gasteiger partial charge on any atom is 0.410 e. The maximum absolute atomic E-state index is 14.2. The van der Waals surface area contributed by atoms with Crippen LogP contribution >= 0.6 is 0 Å². The molecule has 2 rings (SSSR count). The molecule has 2 atom stereocenters. The molecule has 1 saturated heterocycles. The van der Waals surface area contributed by atoms with Gasteiger partial charge < -0.3 is 14.7 Å². The molecule has 4 nitrogen and oxygen atoms in total. The van der Waals surface area contributed by atoms with Crippen molar-refractivity contribution in [3.8, 4) is 0 Å². The molecule has 1 aromatic carbocycles. The molecule has 0 aromatic heterocycles. The summed E-state index contributed by atoms with van der Waals surface area (Å²) in [5, 5.41) is 10.6. The smallest absolute Gasteiger partial charge is 0.410 e. The van der Waals surface area contributed by atoms with Crippen molar-refractivity contribution in [2.45, 2.75) is 52.7 Å². The van der Waals surface area contributed by atoms with Crippen LogP contribution in [0.2, 0.25) is 0 Å². The van der Waals surface area contributed by atoms with Crippen molar-refractivity contribution in [1.82, 2.24) is 4.90 Å². The number of aliphatic hydroxyl groups excluding tert-OH is 1. The molecule has 1 aliphatic heterocycles. The minimum Gasteiger partial charge on any atom is -0.444 e. The van der Waals surface area contributed by atoms with Gasteiger partial charge in [-0.25, -0.2) is 9.18 Å². The van der Waals surface area contributed by atoms with E-state index in [-0.39, 0.29) is 17.8 Å². The van der Waals surface area contributed by atoms with Gasteiger partial charge in [0.2, 0.25) is 0 Å². The SMILES string of the molecule is Cc1cc(C)c(C(O)C2CCN(C(=O)OC(C)(C)C)C2)c(F)c1. The Morgan fingerprint density at radius 1 is 1.39 bits per heavy atom. The van der Waals surface area contributed by atoms with Crippen LogP contribution in [0.25, 0.3) is 0 Å². The molecule has 1 N–H and O–H groups in total. The van der Waals surface area contributed by atoms with E-state index in [4.69, 9.17) is 4.74 Å². The van der Waals surface area contributed by atoms with Gasteiger partial charge in [-0.15, -0.1) is 0 Å². The number of carbonyl (C=O) groups is 1. The largest absolute Gasteiger partial charge is 0.444 e. The van der Waals surface area contributed by atoms with Crippen molar-refractivity contribution < 1.29 is 19.0 Å². The average molecular weight is 323 g/mol. The number of amides is 1. The van der Waals surface area contributed by atoms with Crippen LogP contribution in [0.5, 0.6) is 0 Å². The molecule has 0 saturated carbocycles. The standard InChI is InChI=1S/C18H26FNO3/c1-11-8-12(2)15(14(19)9-11)16(21)13-6-7-20(10-13)17(22)23-18(3,4)5/h8-9,13,16,21H,6-7,10H2,1-5H3. The minimum atomic E-state index is -0.914. The first kappa shape index (κ1) is 17.7. The fraction of sp³-hybridized carbons (Fsp3) is 0.611. The van der Waals surface area contributed by atoms with E-state index >= 15 is 0 Å². The molecule has 5 heteroatoms. The predicted octanol–water partition coefficient (Wildman–Crippen LogP) is 3.73. The number of nitrogens with zero attached hydrogens (tertiary/aromatic N) is 1. The monoisotopic (exact) mass is 323 g/mol. The summed E-state index contributed by atoms with van der Waals surface area (Å²) < 4.78 is 19.6. The number of aliphatic hydroxyl groups is 1.